The number of rotatable bonds is 1. The van der Waals surface area contributed by atoms with Crippen molar-refractivity contribution in [1.82, 2.24) is 9.97 Å². The van der Waals surface area contributed by atoms with E-state index in [0.29, 0.717) is 5.76 Å². The van der Waals surface area contributed by atoms with E-state index < -0.39 is 0 Å². The van der Waals surface area contributed by atoms with Crippen molar-refractivity contribution in [2.45, 2.75) is 0 Å². The van der Waals surface area contributed by atoms with Gasteiger partial charge in [0, 0.05) is 5.39 Å². The van der Waals surface area contributed by atoms with Crippen LogP contribution in [0.2, 0.25) is 0 Å². The summed E-state index contributed by atoms with van der Waals surface area (Å²) in [6.07, 6.45) is 1.58. The van der Waals surface area contributed by atoms with E-state index in [-0.39, 0.29) is 6.01 Å². The predicted octanol–water partition coefficient (Wildman–Crippen LogP) is 2.47. The quantitative estimate of drug-likeness (QED) is 0.671. The number of nitrogen functional groups attached to an aromatic ring is 1. The van der Waals surface area contributed by atoms with Crippen LogP contribution in [0, 0.1) is 0 Å². The lowest BCUT2D eigenvalue weighted by molar-refractivity contribution is 0.593. The zero-order chi connectivity index (χ0) is 11.0. The number of para-hydroxylation sites is 1. The Kier molecular flexibility index (Phi) is 1.86. The number of hydrogen-bond acceptors (Lipinski definition) is 4. The zero-order valence-electron chi connectivity index (χ0n) is 8.42. The normalized spacial score (nSPS) is 10.8. The third-order valence-electron chi connectivity index (χ3n) is 2.37. The summed E-state index contributed by atoms with van der Waals surface area (Å²) >= 11 is 0. The number of oxazole rings is 1. The maximum Gasteiger partial charge on any atom is 0.292 e. The minimum Gasteiger partial charge on any atom is -0.422 e. The molecular weight excluding hydrogens is 202 g/mol. The summed E-state index contributed by atoms with van der Waals surface area (Å²) in [5.74, 6) is 0.586. The Hall–Kier alpha value is -2.36. The molecule has 16 heavy (non-hydrogen) atoms. The molecule has 1 aromatic carbocycles. The van der Waals surface area contributed by atoms with Gasteiger partial charge in [-0.05, 0) is 12.1 Å². The Morgan fingerprint density at radius 1 is 1.06 bits per heavy atom. The van der Waals surface area contributed by atoms with Crippen molar-refractivity contribution >= 4 is 16.9 Å². The molecule has 0 bridgehead atoms. The lowest BCUT2D eigenvalue weighted by Crippen LogP contribution is -1.83. The summed E-state index contributed by atoms with van der Waals surface area (Å²) in [6.45, 7) is 0. The minimum absolute atomic E-state index is 0.157. The molecule has 0 aliphatic heterocycles. The summed E-state index contributed by atoms with van der Waals surface area (Å²) in [7, 11) is 0. The monoisotopic (exact) mass is 211 g/mol. The van der Waals surface area contributed by atoms with Crippen molar-refractivity contribution in [1.29, 1.82) is 0 Å². The number of aromatic nitrogens is 2. The van der Waals surface area contributed by atoms with Crippen LogP contribution in [0.5, 0.6) is 0 Å². The molecule has 0 aliphatic rings. The lowest BCUT2D eigenvalue weighted by atomic mass is 10.2. The molecule has 78 valence electrons. The van der Waals surface area contributed by atoms with Crippen LogP contribution < -0.4 is 5.73 Å². The van der Waals surface area contributed by atoms with Gasteiger partial charge in [-0.3, -0.25) is 0 Å². The van der Waals surface area contributed by atoms with Gasteiger partial charge >= 0.3 is 0 Å². The van der Waals surface area contributed by atoms with E-state index in [9.17, 15) is 0 Å². The van der Waals surface area contributed by atoms with Crippen molar-refractivity contribution in [3.8, 4) is 11.5 Å². The van der Waals surface area contributed by atoms with E-state index in [1.807, 2.05) is 36.4 Å². The Balaban J connectivity index is 2.18. The molecule has 0 radical (unpaired) electrons. The number of pyridine rings is 1. The molecule has 0 aliphatic carbocycles. The van der Waals surface area contributed by atoms with Gasteiger partial charge in [0.05, 0.1) is 11.7 Å². The molecule has 2 aromatic heterocycles. The lowest BCUT2D eigenvalue weighted by Gasteiger charge is -1.99. The van der Waals surface area contributed by atoms with Crippen LogP contribution in [0.1, 0.15) is 0 Å². The van der Waals surface area contributed by atoms with Crippen LogP contribution >= 0.6 is 0 Å². The van der Waals surface area contributed by atoms with E-state index in [4.69, 9.17) is 10.2 Å². The first-order valence-corrected chi connectivity index (χ1v) is 4.90. The highest BCUT2D eigenvalue weighted by Gasteiger charge is 2.05. The Morgan fingerprint density at radius 2 is 1.94 bits per heavy atom. The van der Waals surface area contributed by atoms with Crippen LogP contribution in [0.4, 0.5) is 6.01 Å². The highest BCUT2D eigenvalue weighted by Crippen LogP contribution is 2.21. The fourth-order valence-corrected chi connectivity index (χ4v) is 1.61. The summed E-state index contributed by atoms with van der Waals surface area (Å²) < 4.78 is 5.22. The van der Waals surface area contributed by atoms with Crippen molar-refractivity contribution in [2.75, 3.05) is 5.73 Å². The maximum atomic E-state index is 5.42. The molecular formula is C12H9N3O. The molecule has 3 aromatic rings. The molecule has 0 spiro atoms. The van der Waals surface area contributed by atoms with E-state index in [1.54, 1.807) is 6.20 Å². The van der Waals surface area contributed by atoms with Crippen LogP contribution in [0.25, 0.3) is 22.4 Å². The topological polar surface area (TPSA) is 64.9 Å². The third kappa shape index (κ3) is 1.40. The fourth-order valence-electron chi connectivity index (χ4n) is 1.61. The number of benzene rings is 1. The van der Waals surface area contributed by atoms with Gasteiger partial charge in [-0.15, -0.1) is 0 Å². The zero-order valence-corrected chi connectivity index (χ0v) is 8.42. The predicted molar refractivity (Wildman–Crippen MR) is 61.7 cm³/mol. The van der Waals surface area contributed by atoms with E-state index in [1.165, 1.54) is 0 Å². The molecule has 4 nitrogen and oxygen atoms in total. The smallest absolute Gasteiger partial charge is 0.292 e. The maximum absolute atomic E-state index is 5.42. The summed E-state index contributed by atoms with van der Waals surface area (Å²) in [5.41, 5.74) is 7.09. The van der Waals surface area contributed by atoms with Crippen molar-refractivity contribution < 1.29 is 4.42 Å². The van der Waals surface area contributed by atoms with Gasteiger partial charge in [-0.25, -0.2) is 9.97 Å². The van der Waals surface area contributed by atoms with Crippen LogP contribution in [0.15, 0.2) is 47.0 Å². The number of nitrogens with zero attached hydrogens (tertiary/aromatic N) is 2. The second-order valence-corrected chi connectivity index (χ2v) is 3.45. The molecule has 0 atom stereocenters. The van der Waals surface area contributed by atoms with Crippen LogP contribution in [-0.2, 0) is 0 Å². The number of anilines is 1. The standard InChI is InChI=1S/C12H9N3O/c13-12-14-7-11(16-12)10-6-5-8-3-1-2-4-9(8)15-10/h1-7H,(H2,13,14). The molecule has 4 heteroatoms. The molecule has 0 amide bonds. The van der Waals surface area contributed by atoms with Crippen LogP contribution in [0.3, 0.4) is 0 Å². The fraction of sp³-hybridized carbons (Fsp3) is 0. The Morgan fingerprint density at radius 3 is 2.75 bits per heavy atom. The summed E-state index contributed by atoms with van der Waals surface area (Å²) in [5, 5.41) is 1.10. The number of nitrogens with two attached hydrogens (primary N) is 1. The van der Waals surface area contributed by atoms with Gasteiger partial charge in [0.2, 0.25) is 0 Å². The first kappa shape index (κ1) is 8.91. The van der Waals surface area contributed by atoms with E-state index in [0.717, 1.165) is 16.6 Å². The van der Waals surface area contributed by atoms with Gasteiger partial charge in [0.1, 0.15) is 5.69 Å². The first-order chi connectivity index (χ1) is 7.83. The third-order valence-corrected chi connectivity index (χ3v) is 2.37. The van der Waals surface area contributed by atoms with Crippen molar-refractivity contribution in [3.05, 3.63) is 42.6 Å². The SMILES string of the molecule is Nc1ncc(-c2ccc3ccccc3n2)o1. The van der Waals surface area contributed by atoms with E-state index in [2.05, 4.69) is 9.97 Å². The highest BCUT2D eigenvalue weighted by molar-refractivity contribution is 5.80. The van der Waals surface area contributed by atoms with Crippen molar-refractivity contribution in [3.63, 3.8) is 0 Å². The molecule has 2 N–H and O–H groups in total. The molecule has 0 saturated heterocycles. The van der Waals surface area contributed by atoms with Gasteiger partial charge in [-0.1, -0.05) is 24.3 Å². The van der Waals surface area contributed by atoms with E-state index >= 15 is 0 Å². The summed E-state index contributed by atoms with van der Waals surface area (Å²) in [4.78, 5) is 8.31. The van der Waals surface area contributed by atoms with Crippen LogP contribution in [-0.4, -0.2) is 9.97 Å². The first-order valence-electron chi connectivity index (χ1n) is 4.90. The molecule has 2 heterocycles. The van der Waals surface area contributed by atoms with Gasteiger partial charge in [0.25, 0.3) is 6.01 Å². The second kappa shape index (κ2) is 3.34. The number of fused-ring (bicyclic) bond motifs is 1. The average Bonchev–Trinajstić information content (AvgIpc) is 2.75. The number of hydrogen-bond donors (Lipinski definition) is 1. The molecule has 0 unspecified atom stereocenters. The second-order valence-electron chi connectivity index (χ2n) is 3.45. The summed E-state index contributed by atoms with van der Waals surface area (Å²) in [6, 6.07) is 12.0. The minimum atomic E-state index is 0.157. The van der Waals surface area contributed by atoms with Gasteiger partial charge < -0.3 is 10.2 Å². The molecule has 0 fully saturated rings. The largest absolute Gasteiger partial charge is 0.422 e. The Bertz CT molecular complexity index is 645. The van der Waals surface area contributed by atoms with Gasteiger partial charge in [-0.2, -0.15) is 0 Å². The average molecular weight is 211 g/mol. The molecule has 0 saturated carbocycles. The Labute approximate surface area is 91.7 Å². The van der Waals surface area contributed by atoms with Gasteiger partial charge in [0.15, 0.2) is 5.76 Å². The van der Waals surface area contributed by atoms with Crippen molar-refractivity contribution in [2.24, 2.45) is 0 Å². The highest BCUT2D eigenvalue weighted by atomic mass is 16.4. The molecule has 3 rings (SSSR count).